The predicted octanol–water partition coefficient (Wildman–Crippen LogP) is -1.00. The molecule has 1 unspecified atom stereocenters. The van der Waals surface area contributed by atoms with Crippen LogP contribution in [0.5, 0.6) is 0 Å². The van der Waals surface area contributed by atoms with Crippen LogP contribution >= 0.6 is 0 Å². The Hall–Kier alpha value is -0.450. The highest BCUT2D eigenvalue weighted by atomic mass is 14.9. The number of hydrogen-bond donors (Lipinski definition) is 3. The van der Waals surface area contributed by atoms with Gasteiger partial charge in [0.25, 0.3) is 0 Å². The lowest BCUT2D eigenvalue weighted by Gasteiger charge is -1.98. The summed E-state index contributed by atoms with van der Waals surface area (Å²) >= 11 is 0. The fraction of sp³-hybridized carbons (Fsp3) is 0.800. The molecule has 0 rings (SSSR count). The zero-order valence-electron chi connectivity index (χ0n) is 5.62. The summed E-state index contributed by atoms with van der Waals surface area (Å²) in [6, 6.07) is 0. The third kappa shape index (κ3) is 7.55. The van der Waals surface area contributed by atoms with E-state index < -0.39 is 0 Å². The normalized spacial score (nSPS) is 15.2. The van der Waals surface area contributed by atoms with Crippen LogP contribution in [0.2, 0.25) is 0 Å². The van der Waals surface area contributed by atoms with E-state index in [1.807, 2.05) is 0 Å². The highest BCUT2D eigenvalue weighted by molar-refractivity contribution is 5.57. The first kappa shape index (κ1) is 8.55. The van der Waals surface area contributed by atoms with Crippen molar-refractivity contribution < 1.29 is 0 Å². The van der Waals surface area contributed by atoms with Gasteiger partial charge in [0.05, 0.1) is 12.3 Å². The first-order chi connectivity index (χ1) is 4.13. The molecule has 0 heterocycles. The second-order valence-electron chi connectivity index (χ2n) is 1.97. The summed E-state index contributed by atoms with van der Waals surface area (Å²) in [6.45, 7) is 1.79. The number of nitrogens with zero attached hydrogens (tertiary/aromatic N) is 1. The Labute approximate surface area is 55.1 Å². The van der Waals surface area contributed by atoms with Crippen LogP contribution in [0.25, 0.3) is 0 Å². The number of nitrogens with two attached hydrogens (primary N) is 3. The van der Waals surface area contributed by atoms with Crippen molar-refractivity contribution in [2.45, 2.75) is 25.7 Å². The molecule has 54 valence electrons. The minimum atomic E-state index is -0.313. The van der Waals surface area contributed by atoms with Crippen LogP contribution in [0, 0.1) is 0 Å². The molecular formula is C5H14N4. The maximum Gasteiger partial charge on any atom is 0.0936 e. The minimum absolute atomic E-state index is 0.149. The molecule has 4 heteroatoms. The molecule has 0 radical (unpaired) electrons. The molecule has 0 aliphatic heterocycles. The summed E-state index contributed by atoms with van der Waals surface area (Å²) in [5.74, 6) is 0. The van der Waals surface area contributed by atoms with E-state index in [0.29, 0.717) is 6.42 Å². The lowest BCUT2D eigenvalue weighted by Crippen LogP contribution is -2.30. The Kier molecular flexibility index (Phi) is 4.21. The maximum atomic E-state index is 5.30. The summed E-state index contributed by atoms with van der Waals surface area (Å²) in [6.07, 6.45) is 1.77. The van der Waals surface area contributed by atoms with Crippen LogP contribution in [-0.4, -0.2) is 18.5 Å². The second kappa shape index (κ2) is 4.43. The molecule has 0 saturated heterocycles. The van der Waals surface area contributed by atoms with Gasteiger partial charge in [0, 0.05) is 12.6 Å². The quantitative estimate of drug-likeness (QED) is 0.338. The third-order valence-electron chi connectivity index (χ3n) is 0.718. The highest BCUT2D eigenvalue weighted by Gasteiger charge is 1.88. The van der Waals surface area contributed by atoms with Gasteiger partial charge in [-0.3, -0.25) is 4.99 Å². The summed E-state index contributed by atoms with van der Waals surface area (Å²) in [5, 5.41) is 0. The molecule has 6 N–H and O–H groups in total. The third-order valence-corrected chi connectivity index (χ3v) is 0.718. The molecule has 0 aliphatic rings. The van der Waals surface area contributed by atoms with Crippen LogP contribution in [0.15, 0.2) is 4.99 Å². The van der Waals surface area contributed by atoms with Gasteiger partial charge in [-0.2, -0.15) is 0 Å². The van der Waals surface area contributed by atoms with Crippen LogP contribution < -0.4 is 17.2 Å². The van der Waals surface area contributed by atoms with Crippen molar-refractivity contribution in [2.24, 2.45) is 22.2 Å². The smallest absolute Gasteiger partial charge is 0.0936 e. The molecule has 0 amide bonds. The van der Waals surface area contributed by atoms with E-state index in [1.165, 1.54) is 0 Å². The zero-order valence-corrected chi connectivity index (χ0v) is 5.62. The Balaban J connectivity index is 3.25. The Morgan fingerprint density at radius 1 is 1.44 bits per heavy atom. The van der Waals surface area contributed by atoms with Crippen molar-refractivity contribution in [2.75, 3.05) is 0 Å². The SMILES string of the molecule is CC(N)N=CCC(N)N. The lowest BCUT2D eigenvalue weighted by molar-refractivity contribution is 0.733. The number of aliphatic imine (C=N–C) groups is 1. The van der Waals surface area contributed by atoms with Crippen LogP contribution in [-0.2, 0) is 0 Å². The number of hydrogen-bond acceptors (Lipinski definition) is 4. The first-order valence-corrected chi connectivity index (χ1v) is 2.91. The van der Waals surface area contributed by atoms with Gasteiger partial charge in [-0.05, 0) is 6.92 Å². The standard InChI is InChI=1S/C5H14N4/c1-4(6)9-3-2-5(7)8/h3-5H,2,6-8H2,1H3. The number of rotatable bonds is 3. The van der Waals surface area contributed by atoms with Gasteiger partial charge in [0.2, 0.25) is 0 Å². The summed E-state index contributed by atoms with van der Waals surface area (Å²) in [5.41, 5.74) is 15.7. The van der Waals surface area contributed by atoms with Crippen molar-refractivity contribution in [3.05, 3.63) is 0 Å². The monoisotopic (exact) mass is 130 g/mol. The fourth-order valence-corrected chi connectivity index (χ4v) is 0.349. The van der Waals surface area contributed by atoms with Crippen molar-refractivity contribution in [1.82, 2.24) is 0 Å². The van der Waals surface area contributed by atoms with Crippen molar-refractivity contribution in [3.8, 4) is 0 Å². The Morgan fingerprint density at radius 3 is 2.33 bits per heavy atom. The predicted molar refractivity (Wildman–Crippen MR) is 38.9 cm³/mol. The molecule has 1 atom stereocenters. The molecule has 0 bridgehead atoms. The topological polar surface area (TPSA) is 90.4 Å². The van der Waals surface area contributed by atoms with E-state index in [0.717, 1.165) is 0 Å². The molecule has 0 aliphatic carbocycles. The van der Waals surface area contributed by atoms with E-state index in [1.54, 1.807) is 13.1 Å². The highest BCUT2D eigenvalue weighted by Crippen LogP contribution is 1.78. The van der Waals surface area contributed by atoms with Crippen molar-refractivity contribution in [3.63, 3.8) is 0 Å². The molecule has 0 aromatic carbocycles. The van der Waals surface area contributed by atoms with E-state index in [4.69, 9.17) is 17.2 Å². The molecular weight excluding hydrogens is 116 g/mol. The van der Waals surface area contributed by atoms with Crippen LogP contribution in [0.3, 0.4) is 0 Å². The molecule has 0 aromatic heterocycles. The van der Waals surface area contributed by atoms with Gasteiger partial charge in [-0.25, -0.2) is 0 Å². The average molecular weight is 130 g/mol. The average Bonchev–Trinajstić information content (AvgIpc) is 1.63. The minimum Gasteiger partial charge on any atom is -0.316 e. The Morgan fingerprint density at radius 2 is 2.00 bits per heavy atom. The zero-order chi connectivity index (χ0) is 7.28. The van der Waals surface area contributed by atoms with E-state index in [-0.39, 0.29) is 12.3 Å². The maximum absolute atomic E-state index is 5.30. The van der Waals surface area contributed by atoms with E-state index >= 15 is 0 Å². The van der Waals surface area contributed by atoms with Crippen molar-refractivity contribution in [1.29, 1.82) is 0 Å². The first-order valence-electron chi connectivity index (χ1n) is 2.91. The largest absolute Gasteiger partial charge is 0.316 e. The molecule has 4 nitrogen and oxygen atoms in total. The summed E-state index contributed by atoms with van der Waals surface area (Å²) in [7, 11) is 0. The van der Waals surface area contributed by atoms with E-state index in [2.05, 4.69) is 4.99 Å². The van der Waals surface area contributed by atoms with Crippen LogP contribution in [0.1, 0.15) is 13.3 Å². The van der Waals surface area contributed by atoms with Gasteiger partial charge >= 0.3 is 0 Å². The van der Waals surface area contributed by atoms with Gasteiger partial charge in [0.15, 0.2) is 0 Å². The molecule has 0 fully saturated rings. The summed E-state index contributed by atoms with van der Waals surface area (Å²) in [4.78, 5) is 3.86. The van der Waals surface area contributed by atoms with Gasteiger partial charge in [-0.15, -0.1) is 0 Å². The van der Waals surface area contributed by atoms with Crippen LogP contribution in [0.4, 0.5) is 0 Å². The van der Waals surface area contributed by atoms with Gasteiger partial charge < -0.3 is 17.2 Å². The molecule has 0 saturated carbocycles. The van der Waals surface area contributed by atoms with E-state index in [9.17, 15) is 0 Å². The van der Waals surface area contributed by atoms with Gasteiger partial charge in [0.1, 0.15) is 0 Å². The molecule has 0 aromatic rings. The fourth-order valence-electron chi connectivity index (χ4n) is 0.349. The lowest BCUT2D eigenvalue weighted by atomic mass is 10.4. The second-order valence-corrected chi connectivity index (χ2v) is 1.97. The summed E-state index contributed by atoms with van der Waals surface area (Å²) < 4.78 is 0. The molecule has 9 heavy (non-hydrogen) atoms. The van der Waals surface area contributed by atoms with Crippen molar-refractivity contribution >= 4 is 6.21 Å². The Bertz CT molecular complexity index is 87.0. The molecule has 0 spiro atoms. The van der Waals surface area contributed by atoms with Gasteiger partial charge in [-0.1, -0.05) is 0 Å².